The lowest BCUT2D eigenvalue weighted by atomic mass is 10.2. The minimum absolute atomic E-state index is 0.270. The summed E-state index contributed by atoms with van der Waals surface area (Å²) >= 11 is 7.93. The van der Waals surface area contributed by atoms with Crippen molar-refractivity contribution in [2.75, 3.05) is 6.54 Å². The molecule has 1 fully saturated rings. The van der Waals surface area contributed by atoms with E-state index in [-0.39, 0.29) is 11.4 Å². The third-order valence-electron chi connectivity index (χ3n) is 2.45. The first-order valence-electron chi connectivity index (χ1n) is 6.38. The number of esters is 1. The van der Waals surface area contributed by atoms with Crippen LogP contribution in [-0.4, -0.2) is 34.2 Å². The molecule has 2 amide bonds. The number of nitrogens with zero attached hydrogens (tertiary/aromatic N) is 1. The Bertz CT molecular complexity index is 660. The average molecular weight is 360 g/mol. The number of carbonyl (C=O) groups is 3. The predicted molar refractivity (Wildman–Crippen MR) is 87.9 cm³/mol. The van der Waals surface area contributed by atoms with Crippen LogP contribution in [0.15, 0.2) is 17.0 Å². The molecule has 118 valence electrons. The number of ether oxygens (including phenoxy) is 1. The van der Waals surface area contributed by atoms with Gasteiger partial charge in [0.05, 0.1) is 9.24 Å². The van der Waals surface area contributed by atoms with E-state index in [0.717, 1.165) is 21.5 Å². The van der Waals surface area contributed by atoms with Crippen molar-refractivity contribution in [1.29, 1.82) is 0 Å². The molecular weight excluding hydrogens is 346 g/mol. The molecule has 2 heterocycles. The second kappa shape index (κ2) is 6.44. The zero-order valence-electron chi connectivity index (χ0n) is 12.2. The molecule has 2 rings (SSSR count). The van der Waals surface area contributed by atoms with Gasteiger partial charge in [0.1, 0.15) is 12.1 Å². The molecule has 5 nitrogen and oxygen atoms in total. The van der Waals surface area contributed by atoms with Crippen molar-refractivity contribution in [1.82, 2.24) is 4.90 Å². The Hall–Kier alpha value is -1.31. The molecule has 1 aromatic heterocycles. The van der Waals surface area contributed by atoms with Crippen molar-refractivity contribution < 1.29 is 19.1 Å². The van der Waals surface area contributed by atoms with Crippen molar-refractivity contribution in [3.05, 3.63) is 26.3 Å². The molecule has 0 aromatic carbocycles. The number of amides is 2. The Morgan fingerprint density at radius 3 is 2.59 bits per heavy atom. The predicted octanol–water partition coefficient (Wildman–Crippen LogP) is 3.78. The molecule has 0 N–H and O–H groups in total. The van der Waals surface area contributed by atoms with Gasteiger partial charge in [-0.2, -0.15) is 0 Å². The molecule has 1 aliphatic heterocycles. The Morgan fingerprint density at radius 1 is 1.36 bits per heavy atom. The summed E-state index contributed by atoms with van der Waals surface area (Å²) in [7, 11) is 0. The van der Waals surface area contributed by atoms with E-state index in [1.165, 1.54) is 11.3 Å². The van der Waals surface area contributed by atoms with Gasteiger partial charge in [0.2, 0.25) is 0 Å². The summed E-state index contributed by atoms with van der Waals surface area (Å²) in [5.74, 6) is -1.11. The molecule has 22 heavy (non-hydrogen) atoms. The standard InChI is InChI=1S/C14H14ClNO4S2/c1-14(2,3)20-11(17)7-16-12(18)9(22-13(16)19)6-8-4-5-10(15)21-8/h4-6H,7H2,1-3H3. The summed E-state index contributed by atoms with van der Waals surface area (Å²) in [4.78, 5) is 37.8. The van der Waals surface area contributed by atoms with Crippen molar-refractivity contribution in [2.45, 2.75) is 26.4 Å². The first-order valence-corrected chi connectivity index (χ1v) is 8.39. The Balaban J connectivity index is 2.09. The minimum atomic E-state index is -0.664. The van der Waals surface area contributed by atoms with Crippen LogP contribution in [0.25, 0.3) is 6.08 Å². The van der Waals surface area contributed by atoms with Crippen molar-refractivity contribution in [3.8, 4) is 0 Å². The van der Waals surface area contributed by atoms with Gasteiger partial charge in [0.25, 0.3) is 11.1 Å². The summed E-state index contributed by atoms with van der Waals surface area (Å²) in [5.41, 5.74) is -0.664. The summed E-state index contributed by atoms with van der Waals surface area (Å²) < 4.78 is 5.72. The number of halogens is 1. The molecule has 1 aliphatic rings. The zero-order chi connectivity index (χ0) is 16.5. The van der Waals surface area contributed by atoms with Gasteiger partial charge in [-0.25, -0.2) is 0 Å². The average Bonchev–Trinajstić information content (AvgIpc) is 2.87. The lowest BCUT2D eigenvalue weighted by molar-refractivity contribution is -0.156. The fraction of sp³-hybridized carbons (Fsp3) is 0.357. The molecule has 0 bridgehead atoms. The minimum Gasteiger partial charge on any atom is -0.459 e. The Morgan fingerprint density at radius 2 is 2.05 bits per heavy atom. The molecule has 8 heteroatoms. The zero-order valence-corrected chi connectivity index (χ0v) is 14.6. The number of hydrogen-bond donors (Lipinski definition) is 0. The van der Waals surface area contributed by atoms with Crippen LogP contribution in [0.1, 0.15) is 25.6 Å². The van der Waals surface area contributed by atoms with Gasteiger partial charge in [-0.05, 0) is 50.7 Å². The van der Waals surface area contributed by atoms with E-state index in [1.807, 2.05) is 0 Å². The van der Waals surface area contributed by atoms with Gasteiger partial charge in [-0.3, -0.25) is 19.3 Å². The summed E-state index contributed by atoms with van der Waals surface area (Å²) in [5, 5.41) is -0.482. The van der Waals surface area contributed by atoms with E-state index in [1.54, 1.807) is 39.0 Å². The number of rotatable bonds is 3. The smallest absolute Gasteiger partial charge is 0.326 e. The van der Waals surface area contributed by atoms with Crippen molar-refractivity contribution in [3.63, 3.8) is 0 Å². The van der Waals surface area contributed by atoms with Crippen molar-refractivity contribution >= 4 is 57.9 Å². The normalized spacial score (nSPS) is 17.5. The number of thioether (sulfide) groups is 1. The number of hydrogen-bond acceptors (Lipinski definition) is 6. The third kappa shape index (κ3) is 4.34. The molecule has 0 saturated carbocycles. The lowest BCUT2D eigenvalue weighted by Gasteiger charge is -2.21. The highest BCUT2D eigenvalue weighted by Gasteiger charge is 2.37. The number of imide groups is 1. The first-order chi connectivity index (χ1) is 10.2. The van der Waals surface area contributed by atoms with Crippen LogP contribution in [0.3, 0.4) is 0 Å². The van der Waals surface area contributed by atoms with E-state index < -0.39 is 22.7 Å². The summed E-state index contributed by atoms with van der Waals surface area (Å²) in [6.07, 6.45) is 1.59. The highest BCUT2D eigenvalue weighted by atomic mass is 35.5. The molecule has 0 atom stereocenters. The van der Waals surface area contributed by atoms with Crippen LogP contribution in [0, 0.1) is 0 Å². The monoisotopic (exact) mass is 359 g/mol. The van der Waals surface area contributed by atoms with E-state index >= 15 is 0 Å². The van der Waals surface area contributed by atoms with E-state index in [4.69, 9.17) is 16.3 Å². The van der Waals surface area contributed by atoms with E-state index in [9.17, 15) is 14.4 Å². The second-order valence-corrected chi connectivity index (χ2v) is 8.24. The molecule has 0 unspecified atom stereocenters. The maximum atomic E-state index is 12.2. The third-order valence-corrected chi connectivity index (χ3v) is 4.53. The SMILES string of the molecule is CC(C)(C)OC(=O)CN1C(=O)SC(=Cc2ccc(Cl)s2)C1=O. The maximum Gasteiger partial charge on any atom is 0.326 e. The topological polar surface area (TPSA) is 63.7 Å². The largest absolute Gasteiger partial charge is 0.459 e. The van der Waals surface area contributed by atoms with Gasteiger partial charge in [-0.15, -0.1) is 11.3 Å². The molecule has 0 spiro atoms. The summed E-state index contributed by atoms with van der Waals surface area (Å²) in [6.45, 7) is 4.78. The molecular formula is C14H14ClNO4S2. The number of thiophene rings is 1. The van der Waals surface area contributed by atoms with Gasteiger partial charge in [0.15, 0.2) is 0 Å². The second-order valence-electron chi connectivity index (χ2n) is 5.50. The fourth-order valence-corrected chi connectivity index (χ4v) is 3.58. The van der Waals surface area contributed by atoms with E-state index in [2.05, 4.69) is 0 Å². The van der Waals surface area contributed by atoms with Gasteiger partial charge < -0.3 is 4.74 Å². The molecule has 1 saturated heterocycles. The quantitative estimate of drug-likeness (QED) is 0.607. The Labute approximate surface area is 141 Å². The molecule has 1 aromatic rings. The highest BCUT2D eigenvalue weighted by molar-refractivity contribution is 8.18. The van der Waals surface area contributed by atoms with Gasteiger partial charge in [0, 0.05) is 4.88 Å². The van der Waals surface area contributed by atoms with Gasteiger partial charge >= 0.3 is 5.97 Å². The first kappa shape index (κ1) is 17.1. The van der Waals surface area contributed by atoms with E-state index in [0.29, 0.717) is 4.34 Å². The highest BCUT2D eigenvalue weighted by Crippen LogP contribution is 2.34. The maximum absolute atomic E-state index is 12.2. The van der Waals surface area contributed by atoms with Crippen molar-refractivity contribution in [2.24, 2.45) is 0 Å². The molecule has 0 radical (unpaired) electrons. The van der Waals surface area contributed by atoms with Gasteiger partial charge in [-0.1, -0.05) is 11.6 Å². The van der Waals surface area contributed by atoms with Crippen LogP contribution in [-0.2, 0) is 14.3 Å². The summed E-state index contributed by atoms with van der Waals surface area (Å²) in [6, 6.07) is 3.47. The van der Waals surface area contributed by atoms with Crippen LogP contribution in [0.2, 0.25) is 4.34 Å². The fourth-order valence-electron chi connectivity index (χ4n) is 1.67. The van der Waals surface area contributed by atoms with Crippen LogP contribution >= 0.6 is 34.7 Å². The van der Waals surface area contributed by atoms with Crippen LogP contribution < -0.4 is 0 Å². The Kier molecular flexibility index (Phi) is 4.99. The number of carbonyl (C=O) groups excluding carboxylic acids is 3. The van der Waals surface area contributed by atoms with Crippen LogP contribution in [0.4, 0.5) is 4.79 Å². The lowest BCUT2D eigenvalue weighted by Crippen LogP contribution is -2.37. The molecule has 0 aliphatic carbocycles. The van der Waals surface area contributed by atoms with Crippen LogP contribution in [0.5, 0.6) is 0 Å².